The number of nitrogens with zero attached hydrogens (tertiary/aromatic N) is 1. The number of hydrogen-bond donors (Lipinski definition) is 2. The molecule has 0 saturated carbocycles. The summed E-state index contributed by atoms with van der Waals surface area (Å²) in [6.45, 7) is 4.41. The van der Waals surface area contributed by atoms with Crippen LogP contribution in [0.1, 0.15) is 27.0 Å². The molecule has 0 aliphatic carbocycles. The second-order valence-corrected chi connectivity index (χ2v) is 6.51. The second-order valence-electron chi connectivity index (χ2n) is 5.56. The minimum absolute atomic E-state index is 0.0372. The van der Waals surface area contributed by atoms with Crippen molar-refractivity contribution in [2.24, 2.45) is 0 Å². The average Bonchev–Trinajstić information content (AvgIpc) is 3.10. The summed E-state index contributed by atoms with van der Waals surface area (Å²) < 4.78 is 0. The highest BCUT2D eigenvalue weighted by Gasteiger charge is 2.23. The molecule has 5 nitrogen and oxygen atoms in total. The lowest BCUT2D eigenvalue weighted by Gasteiger charge is -2.34. The van der Waals surface area contributed by atoms with E-state index in [0.717, 1.165) is 19.6 Å². The molecular weight excluding hydrogens is 310 g/mol. The van der Waals surface area contributed by atoms with E-state index >= 15 is 0 Å². The van der Waals surface area contributed by atoms with Crippen LogP contribution in [0.2, 0.25) is 0 Å². The third kappa shape index (κ3) is 3.60. The van der Waals surface area contributed by atoms with Crippen LogP contribution < -0.4 is 10.6 Å². The van der Waals surface area contributed by atoms with Gasteiger partial charge < -0.3 is 15.5 Å². The van der Waals surface area contributed by atoms with E-state index < -0.39 is 0 Å². The lowest BCUT2D eigenvalue weighted by atomic mass is 10.1. The zero-order valence-electron chi connectivity index (χ0n) is 12.9. The average molecular weight is 329 g/mol. The Bertz CT molecular complexity index is 682. The van der Waals surface area contributed by atoms with Crippen LogP contribution in [0.5, 0.6) is 0 Å². The minimum Gasteiger partial charge on any atom is -0.333 e. The molecule has 0 bridgehead atoms. The predicted octanol–water partition coefficient (Wildman–Crippen LogP) is 2.43. The quantitative estimate of drug-likeness (QED) is 0.909. The third-order valence-electron chi connectivity index (χ3n) is 3.90. The maximum atomic E-state index is 12.5. The number of nitrogens with one attached hydrogen (secondary N) is 2. The summed E-state index contributed by atoms with van der Waals surface area (Å²) >= 11 is 1.40. The zero-order chi connectivity index (χ0) is 16.2. The van der Waals surface area contributed by atoms with E-state index in [4.69, 9.17) is 0 Å². The van der Waals surface area contributed by atoms with Gasteiger partial charge in [0.05, 0.1) is 4.88 Å². The van der Waals surface area contributed by atoms with Gasteiger partial charge in [0.1, 0.15) is 0 Å². The first kappa shape index (κ1) is 15.7. The normalized spacial score (nSPS) is 17.8. The lowest BCUT2D eigenvalue weighted by Crippen LogP contribution is -2.52. The van der Waals surface area contributed by atoms with Crippen molar-refractivity contribution in [3.8, 4) is 0 Å². The molecule has 1 fully saturated rings. The Kier molecular flexibility index (Phi) is 4.73. The van der Waals surface area contributed by atoms with Gasteiger partial charge in [-0.2, -0.15) is 0 Å². The summed E-state index contributed by atoms with van der Waals surface area (Å²) in [4.78, 5) is 27.1. The molecule has 2 heterocycles. The van der Waals surface area contributed by atoms with E-state index in [1.807, 2.05) is 23.3 Å². The molecule has 1 aromatic heterocycles. The highest BCUT2D eigenvalue weighted by atomic mass is 32.1. The van der Waals surface area contributed by atoms with Gasteiger partial charge in [0, 0.05) is 36.9 Å². The van der Waals surface area contributed by atoms with E-state index in [2.05, 4.69) is 10.6 Å². The van der Waals surface area contributed by atoms with Crippen molar-refractivity contribution in [1.82, 2.24) is 10.2 Å². The fourth-order valence-corrected chi connectivity index (χ4v) is 3.22. The van der Waals surface area contributed by atoms with Crippen LogP contribution in [-0.4, -0.2) is 42.4 Å². The third-order valence-corrected chi connectivity index (χ3v) is 4.77. The largest absolute Gasteiger partial charge is 0.333 e. The van der Waals surface area contributed by atoms with Crippen molar-refractivity contribution in [3.63, 3.8) is 0 Å². The molecule has 23 heavy (non-hydrogen) atoms. The molecule has 120 valence electrons. The Morgan fingerprint density at radius 1 is 1.26 bits per heavy atom. The maximum absolute atomic E-state index is 12.5. The molecular formula is C17H19N3O2S. The first-order valence-electron chi connectivity index (χ1n) is 7.62. The lowest BCUT2D eigenvalue weighted by molar-refractivity contribution is 0.0655. The zero-order valence-corrected chi connectivity index (χ0v) is 13.7. The minimum atomic E-state index is -0.130. The van der Waals surface area contributed by atoms with E-state index in [0.29, 0.717) is 16.1 Å². The van der Waals surface area contributed by atoms with Crippen LogP contribution in [0.3, 0.4) is 0 Å². The van der Waals surface area contributed by atoms with Gasteiger partial charge in [-0.25, -0.2) is 0 Å². The van der Waals surface area contributed by atoms with Crippen molar-refractivity contribution in [2.45, 2.75) is 13.0 Å². The van der Waals surface area contributed by atoms with Crippen molar-refractivity contribution in [2.75, 3.05) is 25.0 Å². The number of carbonyl (C=O) groups excluding carboxylic acids is 2. The molecule has 0 unspecified atom stereocenters. The summed E-state index contributed by atoms with van der Waals surface area (Å²) in [6.07, 6.45) is 0. The Hall–Kier alpha value is -2.18. The highest BCUT2D eigenvalue weighted by molar-refractivity contribution is 7.12. The van der Waals surface area contributed by atoms with Gasteiger partial charge in [-0.05, 0) is 42.6 Å². The summed E-state index contributed by atoms with van der Waals surface area (Å²) in [5.74, 6) is -0.0927. The summed E-state index contributed by atoms with van der Waals surface area (Å²) in [7, 11) is 0. The van der Waals surface area contributed by atoms with Crippen molar-refractivity contribution < 1.29 is 9.59 Å². The Labute approximate surface area is 139 Å². The maximum Gasteiger partial charge on any atom is 0.265 e. The van der Waals surface area contributed by atoms with Crippen LogP contribution in [0.15, 0.2) is 41.8 Å². The standard InChI is InChI=1S/C17H19N3O2S/c1-12-11-18-8-9-20(12)17(22)13-4-6-14(7-5-13)19-16(21)15-3-2-10-23-15/h2-7,10,12,18H,8-9,11H2,1H3,(H,19,21)/t12-/m0/s1. The first-order valence-corrected chi connectivity index (χ1v) is 8.50. The number of amides is 2. The number of piperazine rings is 1. The number of anilines is 1. The molecule has 6 heteroatoms. The van der Waals surface area contributed by atoms with Crippen molar-refractivity contribution in [3.05, 3.63) is 52.2 Å². The fourth-order valence-electron chi connectivity index (χ4n) is 2.61. The smallest absolute Gasteiger partial charge is 0.265 e. The SMILES string of the molecule is C[C@H]1CNCCN1C(=O)c1ccc(NC(=O)c2cccs2)cc1. The summed E-state index contributed by atoms with van der Waals surface area (Å²) in [6, 6.07) is 10.9. The number of benzene rings is 1. The molecule has 2 aromatic rings. The monoisotopic (exact) mass is 329 g/mol. The van der Waals surface area contributed by atoms with Gasteiger partial charge in [-0.15, -0.1) is 11.3 Å². The van der Waals surface area contributed by atoms with Gasteiger partial charge in [0.15, 0.2) is 0 Å². The Morgan fingerprint density at radius 3 is 2.70 bits per heavy atom. The molecule has 1 atom stereocenters. The number of carbonyl (C=O) groups is 2. The molecule has 2 amide bonds. The van der Waals surface area contributed by atoms with Crippen molar-refractivity contribution >= 4 is 28.8 Å². The number of hydrogen-bond acceptors (Lipinski definition) is 4. The van der Waals surface area contributed by atoms with E-state index in [9.17, 15) is 9.59 Å². The van der Waals surface area contributed by atoms with Crippen LogP contribution >= 0.6 is 11.3 Å². The van der Waals surface area contributed by atoms with Crippen molar-refractivity contribution in [1.29, 1.82) is 0 Å². The highest BCUT2D eigenvalue weighted by Crippen LogP contribution is 2.16. The van der Waals surface area contributed by atoms with Crippen LogP contribution in [0.25, 0.3) is 0 Å². The summed E-state index contributed by atoms with van der Waals surface area (Å²) in [5.41, 5.74) is 1.33. The van der Waals surface area contributed by atoms with E-state index in [1.165, 1.54) is 11.3 Å². The van der Waals surface area contributed by atoms with Crippen LogP contribution in [-0.2, 0) is 0 Å². The fraction of sp³-hybridized carbons (Fsp3) is 0.294. The van der Waals surface area contributed by atoms with E-state index in [-0.39, 0.29) is 17.9 Å². The van der Waals surface area contributed by atoms with Gasteiger partial charge >= 0.3 is 0 Å². The van der Waals surface area contributed by atoms with Gasteiger partial charge in [0.25, 0.3) is 11.8 Å². The Balaban J connectivity index is 1.67. The topological polar surface area (TPSA) is 61.4 Å². The second kappa shape index (κ2) is 6.93. The molecule has 0 spiro atoms. The molecule has 3 rings (SSSR count). The number of thiophene rings is 1. The predicted molar refractivity (Wildman–Crippen MR) is 92.1 cm³/mol. The molecule has 1 aliphatic heterocycles. The van der Waals surface area contributed by atoms with Gasteiger partial charge in [-0.3, -0.25) is 9.59 Å². The molecule has 1 aromatic carbocycles. The van der Waals surface area contributed by atoms with E-state index in [1.54, 1.807) is 30.3 Å². The van der Waals surface area contributed by atoms with Gasteiger partial charge in [0.2, 0.25) is 0 Å². The molecule has 2 N–H and O–H groups in total. The molecule has 1 saturated heterocycles. The summed E-state index contributed by atoms with van der Waals surface area (Å²) in [5, 5.41) is 7.98. The van der Waals surface area contributed by atoms with Crippen LogP contribution in [0, 0.1) is 0 Å². The molecule has 1 aliphatic rings. The number of rotatable bonds is 3. The van der Waals surface area contributed by atoms with Gasteiger partial charge in [-0.1, -0.05) is 6.07 Å². The Morgan fingerprint density at radius 2 is 2.04 bits per heavy atom. The molecule has 0 radical (unpaired) electrons. The first-order chi connectivity index (χ1) is 11.1. The van der Waals surface area contributed by atoms with Crippen LogP contribution in [0.4, 0.5) is 5.69 Å².